The number of rotatable bonds is 10. The van der Waals surface area contributed by atoms with Crippen molar-refractivity contribution in [3.63, 3.8) is 0 Å². The van der Waals surface area contributed by atoms with Crippen molar-refractivity contribution in [2.75, 3.05) is 26.2 Å². The van der Waals surface area contributed by atoms with Crippen molar-refractivity contribution in [3.05, 3.63) is 23.4 Å². The van der Waals surface area contributed by atoms with Crippen molar-refractivity contribution in [2.24, 2.45) is 0 Å². The van der Waals surface area contributed by atoms with Gasteiger partial charge in [-0.15, -0.1) is 11.3 Å². The molecule has 0 atom stereocenters. The summed E-state index contributed by atoms with van der Waals surface area (Å²) in [5.41, 5.74) is 0. The highest BCUT2D eigenvalue weighted by molar-refractivity contribution is 7.13. The first kappa shape index (κ1) is 16.1. The third-order valence-electron chi connectivity index (χ3n) is 3.32. The predicted octanol–water partition coefficient (Wildman–Crippen LogP) is 2.83. The van der Waals surface area contributed by atoms with Crippen molar-refractivity contribution in [1.29, 1.82) is 0 Å². The molecule has 2 aromatic rings. The molecule has 1 N–H and O–H groups in total. The second-order valence-electron chi connectivity index (χ2n) is 5.01. The van der Waals surface area contributed by atoms with Crippen LogP contribution in [0.3, 0.4) is 0 Å². The maximum Gasteiger partial charge on any atom is 0.227 e. The number of thiophene rings is 1. The van der Waals surface area contributed by atoms with Gasteiger partial charge in [0.1, 0.15) is 0 Å². The van der Waals surface area contributed by atoms with Crippen LogP contribution in [0.4, 0.5) is 0 Å². The van der Waals surface area contributed by atoms with Gasteiger partial charge in [-0.3, -0.25) is 0 Å². The Hall–Kier alpha value is -1.24. The molecule has 0 radical (unpaired) electrons. The van der Waals surface area contributed by atoms with E-state index in [-0.39, 0.29) is 6.61 Å². The highest BCUT2D eigenvalue weighted by Gasteiger charge is 2.10. The van der Waals surface area contributed by atoms with E-state index in [2.05, 4.69) is 22.0 Å². The Kier molecular flexibility index (Phi) is 6.85. The van der Waals surface area contributed by atoms with Gasteiger partial charge in [0.2, 0.25) is 11.7 Å². The van der Waals surface area contributed by atoms with E-state index < -0.39 is 0 Å². The van der Waals surface area contributed by atoms with Crippen molar-refractivity contribution in [1.82, 2.24) is 15.0 Å². The third-order valence-corrected chi connectivity index (χ3v) is 4.18. The molecular weight excluding hydrogens is 286 g/mol. The predicted molar refractivity (Wildman–Crippen MR) is 84.4 cm³/mol. The van der Waals surface area contributed by atoms with E-state index in [0.29, 0.717) is 11.7 Å². The molecular formula is C15H23N3O2S. The van der Waals surface area contributed by atoms with Gasteiger partial charge in [-0.25, -0.2) is 0 Å². The second kappa shape index (κ2) is 8.92. The fourth-order valence-corrected chi connectivity index (χ4v) is 2.82. The first-order valence-corrected chi connectivity index (χ1v) is 8.41. The fourth-order valence-electron chi connectivity index (χ4n) is 2.17. The van der Waals surface area contributed by atoms with Crippen molar-refractivity contribution in [2.45, 2.75) is 32.6 Å². The van der Waals surface area contributed by atoms with E-state index in [4.69, 9.17) is 9.63 Å². The lowest BCUT2D eigenvalue weighted by Crippen LogP contribution is -2.29. The minimum absolute atomic E-state index is 0.215. The van der Waals surface area contributed by atoms with Crippen LogP contribution in [0.25, 0.3) is 10.7 Å². The van der Waals surface area contributed by atoms with Gasteiger partial charge in [0.15, 0.2) is 0 Å². The summed E-state index contributed by atoms with van der Waals surface area (Å²) in [4.78, 5) is 7.75. The summed E-state index contributed by atoms with van der Waals surface area (Å²) in [7, 11) is 0. The van der Waals surface area contributed by atoms with E-state index >= 15 is 0 Å². The van der Waals surface area contributed by atoms with Crippen LogP contribution in [-0.4, -0.2) is 46.4 Å². The third kappa shape index (κ3) is 5.22. The second-order valence-corrected chi connectivity index (χ2v) is 5.96. The molecule has 0 aromatic carbocycles. The lowest BCUT2D eigenvalue weighted by Gasteiger charge is -2.20. The van der Waals surface area contributed by atoms with E-state index in [1.807, 2.05) is 17.5 Å². The Bertz CT molecular complexity index is 499. The van der Waals surface area contributed by atoms with E-state index in [1.165, 1.54) is 12.8 Å². The van der Waals surface area contributed by atoms with Gasteiger partial charge in [-0.1, -0.05) is 24.6 Å². The first-order chi connectivity index (χ1) is 10.3. The molecule has 0 aliphatic heterocycles. The van der Waals surface area contributed by atoms with Crippen LogP contribution in [0.1, 0.15) is 32.1 Å². The molecule has 5 nitrogen and oxygen atoms in total. The lowest BCUT2D eigenvalue weighted by atomic mass is 10.2. The van der Waals surface area contributed by atoms with Crippen LogP contribution in [0, 0.1) is 0 Å². The quantitative estimate of drug-likeness (QED) is 0.731. The maximum absolute atomic E-state index is 9.08. The number of aryl methyl sites for hydroxylation is 1. The van der Waals surface area contributed by atoms with Crippen molar-refractivity contribution in [3.8, 4) is 10.7 Å². The van der Waals surface area contributed by atoms with Crippen LogP contribution in [0.5, 0.6) is 0 Å². The Labute approximate surface area is 129 Å². The van der Waals surface area contributed by atoms with Crippen molar-refractivity contribution >= 4 is 11.3 Å². The smallest absolute Gasteiger partial charge is 0.227 e. The molecule has 0 saturated carbocycles. The van der Waals surface area contributed by atoms with Gasteiger partial charge in [-0.05, 0) is 37.4 Å². The van der Waals surface area contributed by atoms with Gasteiger partial charge in [0, 0.05) is 13.0 Å². The van der Waals surface area contributed by atoms with Gasteiger partial charge >= 0.3 is 0 Å². The number of nitrogens with zero attached hydrogens (tertiary/aromatic N) is 3. The summed E-state index contributed by atoms with van der Waals surface area (Å²) in [6.07, 6.45) is 4.10. The Morgan fingerprint density at radius 1 is 1.29 bits per heavy atom. The number of aliphatic hydroxyl groups excluding tert-OH is 1. The van der Waals surface area contributed by atoms with E-state index in [1.54, 1.807) is 11.3 Å². The normalized spacial score (nSPS) is 11.4. The maximum atomic E-state index is 9.08. The molecule has 2 rings (SSSR count). The highest BCUT2D eigenvalue weighted by Crippen LogP contribution is 2.21. The zero-order valence-corrected chi connectivity index (χ0v) is 13.3. The summed E-state index contributed by atoms with van der Waals surface area (Å²) in [6, 6.07) is 3.98. The Balaban J connectivity index is 1.77. The molecule has 2 heterocycles. The molecule has 0 spiro atoms. The summed E-state index contributed by atoms with van der Waals surface area (Å²) in [6.45, 7) is 5.14. The topological polar surface area (TPSA) is 62.4 Å². The minimum Gasteiger partial charge on any atom is -0.395 e. The van der Waals surface area contributed by atoms with Crippen molar-refractivity contribution < 1.29 is 9.63 Å². The van der Waals surface area contributed by atoms with Crippen LogP contribution in [-0.2, 0) is 6.42 Å². The van der Waals surface area contributed by atoms with Gasteiger partial charge in [0.05, 0.1) is 11.5 Å². The highest BCUT2D eigenvalue weighted by atomic mass is 32.1. The van der Waals surface area contributed by atoms with Gasteiger partial charge in [-0.2, -0.15) is 4.98 Å². The molecule has 0 fully saturated rings. The average Bonchev–Trinajstić information content (AvgIpc) is 3.15. The Morgan fingerprint density at radius 2 is 2.14 bits per heavy atom. The number of aromatic nitrogens is 2. The zero-order valence-electron chi connectivity index (χ0n) is 12.5. The molecule has 0 saturated heterocycles. The summed E-state index contributed by atoms with van der Waals surface area (Å²) in [5, 5.41) is 15.1. The molecule has 21 heavy (non-hydrogen) atoms. The van der Waals surface area contributed by atoms with E-state index in [9.17, 15) is 0 Å². The van der Waals surface area contributed by atoms with Crippen LogP contribution >= 0.6 is 11.3 Å². The van der Waals surface area contributed by atoms with Crippen LogP contribution in [0.15, 0.2) is 22.0 Å². The molecule has 6 heteroatoms. The molecule has 2 aromatic heterocycles. The minimum atomic E-state index is 0.215. The molecule has 0 bridgehead atoms. The largest absolute Gasteiger partial charge is 0.395 e. The van der Waals surface area contributed by atoms with Gasteiger partial charge in [0.25, 0.3) is 0 Å². The van der Waals surface area contributed by atoms with E-state index in [0.717, 1.165) is 37.4 Å². The standard InChI is InChI=1S/C15H23N3O2S/c1-2-3-8-18(10-11-19)9-4-7-14-16-15(17-20-14)13-6-5-12-21-13/h5-6,12,19H,2-4,7-11H2,1H3. The van der Waals surface area contributed by atoms with Crippen LogP contribution in [0.2, 0.25) is 0 Å². The SMILES string of the molecule is CCCCN(CCO)CCCc1nc(-c2cccs2)no1. The number of hydrogen-bond donors (Lipinski definition) is 1. The lowest BCUT2D eigenvalue weighted by molar-refractivity contribution is 0.191. The average molecular weight is 309 g/mol. The fraction of sp³-hybridized carbons (Fsp3) is 0.600. The first-order valence-electron chi connectivity index (χ1n) is 7.53. The molecule has 0 aliphatic rings. The monoisotopic (exact) mass is 309 g/mol. The number of hydrogen-bond acceptors (Lipinski definition) is 6. The van der Waals surface area contributed by atoms with Crippen LogP contribution < -0.4 is 0 Å². The Morgan fingerprint density at radius 3 is 2.86 bits per heavy atom. The molecule has 0 aliphatic carbocycles. The summed E-state index contributed by atoms with van der Waals surface area (Å²) >= 11 is 1.61. The number of unbranched alkanes of at least 4 members (excludes halogenated alkanes) is 1. The molecule has 0 amide bonds. The summed E-state index contributed by atoms with van der Waals surface area (Å²) < 4.78 is 5.29. The van der Waals surface area contributed by atoms with Gasteiger partial charge < -0.3 is 14.5 Å². The molecule has 0 unspecified atom stereocenters. The molecule has 116 valence electrons. The summed E-state index contributed by atoms with van der Waals surface area (Å²) in [5.74, 6) is 1.37. The number of aliphatic hydroxyl groups is 1. The zero-order chi connectivity index (χ0) is 14.9.